The number of pyridine rings is 1. The van der Waals surface area contributed by atoms with Gasteiger partial charge in [-0.2, -0.15) is 0 Å². The summed E-state index contributed by atoms with van der Waals surface area (Å²) < 4.78 is 16.9. The number of rotatable bonds is 2. The monoisotopic (exact) mass is 298 g/mol. The van der Waals surface area contributed by atoms with E-state index in [1.54, 1.807) is 6.20 Å². The van der Waals surface area contributed by atoms with Crippen molar-refractivity contribution >= 4 is 27.1 Å². The lowest BCUT2D eigenvalue weighted by atomic mass is 9.99. The Labute approximate surface area is 106 Å². The lowest BCUT2D eigenvalue weighted by Gasteiger charge is -2.35. The first kappa shape index (κ1) is 11.1. The predicted octanol–water partition coefficient (Wildman–Crippen LogP) is 1.81. The fraction of sp³-hybridized carbons (Fsp3) is 0.455. The average Bonchev–Trinajstić information content (AvgIpc) is 2.53. The summed E-state index contributed by atoms with van der Waals surface area (Å²) >= 11 is 3.38. The highest BCUT2D eigenvalue weighted by Gasteiger charge is 2.38. The molecule has 0 aromatic carbocycles. The molecule has 0 radical (unpaired) electrons. The number of alkyl halides is 1. The zero-order chi connectivity index (χ0) is 12.0. The second kappa shape index (κ2) is 3.74. The molecule has 0 aliphatic carbocycles. The third-order valence-electron chi connectivity index (χ3n) is 3.09. The van der Waals surface area contributed by atoms with Crippen LogP contribution >= 0.6 is 15.9 Å². The van der Waals surface area contributed by atoms with Gasteiger partial charge in [0.1, 0.15) is 5.82 Å². The molecule has 4 nitrogen and oxygen atoms in total. The van der Waals surface area contributed by atoms with E-state index < -0.39 is 5.67 Å². The van der Waals surface area contributed by atoms with Crippen LogP contribution in [0.3, 0.4) is 0 Å². The molecule has 1 N–H and O–H groups in total. The molecule has 1 aliphatic heterocycles. The number of fused-ring (bicyclic) bond motifs is 1. The van der Waals surface area contributed by atoms with Gasteiger partial charge in [0.05, 0.1) is 12.1 Å². The lowest BCUT2D eigenvalue weighted by molar-refractivity contribution is 0.0709. The molecule has 2 aromatic rings. The Hall–Kier alpha value is -1.01. The van der Waals surface area contributed by atoms with Crippen LogP contribution < -0.4 is 5.32 Å². The number of aryl methyl sites for hydroxylation is 1. The van der Waals surface area contributed by atoms with Crippen LogP contribution in [0.2, 0.25) is 0 Å². The maximum Gasteiger partial charge on any atom is 0.177 e. The van der Waals surface area contributed by atoms with Crippen LogP contribution in [0.1, 0.15) is 5.82 Å². The normalized spacial score (nSPS) is 18.3. The van der Waals surface area contributed by atoms with Gasteiger partial charge in [-0.25, -0.2) is 14.4 Å². The van der Waals surface area contributed by atoms with Gasteiger partial charge in [0.15, 0.2) is 11.3 Å². The Morgan fingerprint density at radius 3 is 3.00 bits per heavy atom. The zero-order valence-corrected chi connectivity index (χ0v) is 11.0. The topological polar surface area (TPSA) is 42.7 Å². The number of imidazole rings is 1. The summed E-state index contributed by atoms with van der Waals surface area (Å²) in [6.07, 6.45) is 1.70. The molecule has 1 saturated heterocycles. The van der Waals surface area contributed by atoms with Crippen molar-refractivity contribution in [2.75, 3.05) is 13.1 Å². The van der Waals surface area contributed by atoms with E-state index in [0.29, 0.717) is 25.3 Å². The van der Waals surface area contributed by atoms with E-state index >= 15 is 0 Å². The van der Waals surface area contributed by atoms with E-state index in [9.17, 15) is 4.39 Å². The number of aromatic nitrogens is 3. The van der Waals surface area contributed by atoms with Crippen LogP contribution in [0, 0.1) is 6.92 Å². The van der Waals surface area contributed by atoms with Crippen molar-refractivity contribution in [1.29, 1.82) is 0 Å². The van der Waals surface area contributed by atoms with E-state index in [-0.39, 0.29) is 0 Å². The second-order valence-corrected chi connectivity index (χ2v) is 5.41. The number of hydrogen-bond acceptors (Lipinski definition) is 3. The van der Waals surface area contributed by atoms with Crippen LogP contribution in [-0.4, -0.2) is 33.3 Å². The third-order valence-corrected chi connectivity index (χ3v) is 3.52. The maximum absolute atomic E-state index is 14.1. The van der Waals surface area contributed by atoms with Crippen molar-refractivity contribution in [2.24, 2.45) is 0 Å². The number of nitrogens with zero attached hydrogens (tertiary/aromatic N) is 3. The van der Waals surface area contributed by atoms with Gasteiger partial charge in [0.25, 0.3) is 0 Å². The van der Waals surface area contributed by atoms with E-state index in [4.69, 9.17) is 0 Å². The quantitative estimate of drug-likeness (QED) is 0.920. The summed E-state index contributed by atoms with van der Waals surface area (Å²) in [5, 5.41) is 2.96. The largest absolute Gasteiger partial charge is 0.323 e. The van der Waals surface area contributed by atoms with Crippen molar-refractivity contribution in [1.82, 2.24) is 19.9 Å². The van der Waals surface area contributed by atoms with Crippen LogP contribution in [0.4, 0.5) is 4.39 Å². The van der Waals surface area contributed by atoms with Crippen LogP contribution in [0.5, 0.6) is 0 Å². The average molecular weight is 299 g/mol. The minimum Gasteiger partial charge on any atom is -0.323 e. The first-order chi connectivity index (χ1) is 8.07. The van der Waals surface area contributed by atoms with E-state index in [2.05, 4.69) is 31.2 Å². The molecule has 3 heterocycles. The predicted molar refractivity (Wildman–Crippen MR) is 66.7 cm³/mol. The summed E-state index contributed by atoms with van der Waals surface area (Å²) in [7, 11) is 0. The van der Waals surface area contributed by atoms with Crippen molar-refractivity contribution < 1.29 is 4.39 Å². The van der Waals surface area contributed by atoms with Crippen molar-refractivity contribution in [3.63, 3.8) is 0 Å². The number of hydrogen-bond donors (Lipinski definition) is 1. The Bertz CT molecular complexity index is 576. The highest BCUT2D eigenvalue weighted by atomic mass is 79.9. The van der Waals surface area contributed by atoms with Gasteiger partial charge in [-0.05, 0) is 28.9 Å². The first-order valence-corrected chi connectivity index (χ1v) is 6.25. The lowest BCUT2D eigenvalue weighted by Crippen LogP contribution is -2.58. The summed E-state index contributed by atoms with van der Waals surface area (Å²) in [6, 6.07) is 1.93. The highest BCUT2D eigenvalue weighted by molar-refractivity contribution is 9.10. The molecule has 0 saturated carbocycles. The van der Waals surface area contributed by atoms with Crippen molar-refractivity contribution in [2.45, 2.75) is 19.1 Å². The van der Waals surface area contributed by atoms with Gasteiger partial charge in [-0.3, -0.25) is 0 Å². The molecule has 0 spiro atoms. The fourth-order valence-corrected chi connectivity index (χ4v) is 2.40. The van der Waals surface area contributed by atoms with Gasteiger partial charge in [0.2, 0.25) is 0 Å². The van der Waals surface area contributed by atoms with Crippen LogP contribution in [0.15, 0.2) is 16.7 Å². The van der Waals surface area contributed by atoms with Crippen molar-refractivity contribution in [3.05, 3.63) is 22.6 Å². The molecular formula is C11H12BrFN4. The van der Waals surface area contributed by atoms with Crippen LogP contribution in [0.25, 0.3) is 11.2 Å². The molecule has 1 aliphatic rings. The van der Waals surface area contributed by atoms with Gasteiger partial charge < -0.3 is 9.88 Å². The van der Waals surface area contributed by atoms with E-state index in [0.717, 1.165) is 15.8 Å². The highest BCUT2D eigenvalue weighted by Crippen LogP contribution is 2.24. The molecule has 3 rings (SSSR count). The van der Waals surface area contributed by atoms with Gasteiger partial charge in [-0.1, -0.05) is 0 Å². The van der Waals surface area contributed by atoms with Gasteiger partial charge in [-0.15, -0.1) is 0 Å². The molecule has 0 bridgehead atoms. The zero-order valence-electron chi connectivity index (χ0n) is 9.37. The minimum atomic E-state index is -1.15. The van der Waals surface area contributed by atoms with Gasteiger partial charge >= 0.3 is 0 Å². The van der Waals surface area contributed by atoms with Crippen LogP contribution in [-0.2, 0) is 6.54 Å². The maximum atomic E-state index is 14.1. The molecule has 0 atom stereocenters. The summed E-state index contributed by atoms with van der Waals surface area (Å²) in [4.78, 5) is 8.56. The summed E-state index contributed by atoms with van der Waals surface area (Å²) in [5.41, 5.74) is 0.392. The van der Waals surface area contributed by atoms with E-state index in [1.807, 2.05) is 17.6 Å². The number of halogens is 2. The summed E-state index contributed by atoms with van der Waals surface area (Å²) in [6.45, 7) is 3.03. The molecule has 6 heteroatoms. The first-order valence-electron chi connectivity index (χ1n) is 5.45. The SMILES string of the molecule is Cc1nc2ncc(Br)cc2n1CC1(F)CNC1. The van der Waals surface area contributed by atoms with Gasteiger partial charge in [0, 0.05) is 23.8 Å². The van der Waals surface area contributed by atoms with Crippen molar-refractivity contribution in [3.8, 4) is 0 Å². The molecule has 2 aromatic heterocycles. The Morgan fingerprint density at radius 1 is 1.59 bits per heavy atom. The molecule has 17 heavy (non-hydrogen) atoms. The Kier molecular flexibility index (Phi) is 2.45. The third kappa shape index (κ3) is 1.85. The molecule has 1 fully saturated rings. The minimum absolute atomic E-state index is 0.334. The Balaban J connectivity index is 2.07. The smallest absolute Gasteiger partial charge is 0.177 e. The number of nitrogens with one attached hydrogen (secondary N) is 1. The Morgan fingerprint density at radius 2 is 2.35 bits per heavy atom. The second-order valence-electron chi connectivity index (χ2n) is 4.50. The summed E-state index contributed by atoms with van der Waals surface area (Å²) in [5.74, 6) is 0.800. The molecule has 0 unspecified atom stereocenters. The van der Waals surface area contributed by atoms with E-state index in [1.165, 1.54) is 0 Å². The molecule has 90 valence electrons. The fourth-order valence-electron chi connectivity index (χ4n) is 2.09. The standard InChI is InChI=1S/C11H12BrFN4/c1-7-16-10-9(2-8(12)3-15-10)17(7)6-11(13)4-14-5-11/h2-3,14H,4-6H2,1H3. The molecular weight excluding hydrogens is 287 g/mol. The molecule has 0 amide bonds.